The summed E-state index contributed by atoms with van der Waals surface area (Å²) in [6, 6.07) is 13.6. The number of morpholine rings is 1. The van der Waals surface area contributed by atoms with Gasteiger partial charge in [-0.15, -0.1) is 5.10 Å². The van der Waals surface area contributed by atoms with Gasteiger partial charge in [-0.1, -0.05) is 6.07 Å². The van der Waals surface area contributed by atoms with Crippen LogP contribution in [0.4, 0.5) is 11.4 Å². The Labute approximate surface area is 185 Å². The van der Waals surface area contributed by atoms with Crippen LogP contribution in [0.25, 0.3) is 5.69 Å². The third-order valence-electron chi connectivity index (χ3n) is 5.03. The highest BCUT2D eigenvalue weighted by atomic mass is 32.2. The van der Waals surface area contributed by atoms with Crippen molar-refractivity contribution in [2.24, 2.45) is 0 Å². The Morgan fingerprint density at radius 3 is 2.56 bits per heavy atom. The lowest BCUT2D eigenvalue weighted by Crippen LogP contribution is -2.36. The van der Waals surface area contributed by atoms with E-state index in [9.17, 15) is 13.2 Å². The first-order chi connectivity index (χ1) is 15.4. The molecule has 2 aromatic carbocycles. The lowest BCUT2D eigenvalue weighted by Gasteiger charge is -2.28. The summed E-state index contributed by atoms with van der Waals surface area (Å²) in [7, 11) is -2.53. The van der Waals surface area contributed by atoms with E-state index >= 15 is 0 Å². The molecular weight excluding hydrogens is 434 g/mol. The number of rotatable bonds is 7. The van der Waals surface area contributed by atoms with E-state index in [-0.39, 0.29) is 11.4 Å². The molecule has 168 valence electrons. The van der Waals surface area contributed by atoms with E-state index in [0.29, 0.717) is 24.6 Å². The third-order valence-corrected chi connectivity index (χ3v) is 6.83. The van der Waals surface area contributed by atoms with E-state index in [1.165, 1.54) is 30.2 Å². The molecule has 2 heterocycles. The van der Waals surface area contributed by atoms with Crippen molar-refractivity contribution >= 4 is 27.3 Å². The Kier molecular flexibility index (Phi) is 6.44. The van der Waals surface area contributed by atoms with E-state index in [2.05, 4.69) is 25.7 Å². The van der Waals surface area contributed by atoms with E-state index < -0.39 is 15.9 Å². The lowest BCUT2D eigenvalue weighted by atomic mass is 10.2. The van der Waals surface area contributed by atoms with Crippen molar-refractivity contribution in [3.05, 3.63) is 54.9 Å². The molecule has 32 heavy (non-hydrogen) atoms. The van der Waals surface area contributed by atoms with Gasteiger partial charge in [0.1, 0.15) is 6.33 Å². The molecule has 1 amide bonds. The standard InChI is InChI=1S/C20H23N7O4S/c1-25(32(29,30)19-4-2-3-18(13-19)27-15-21-23-24-27)14-20(28)22-16-5-7-17(8-6-16)26-9-11-31-12-10-26/h2-8,13,15H,9-12,14H2,1H3,(H,22,28). The van der Waals surface area contributed by atoms with E-state index in [4.69, 9.17) is 4.74 Å². The smallest absolute Gasteiger partial charge is 0.243 e. The van der Waals surface area contributed by atoms with Crippen LogP contribution >= 0.6 is 0 Å². The predicted octanol–water partition coefficient (Wildman–Crippen LogP) is 0.758. The van der Waals surface area contributed by atoms with Crippen molar-refractivity contribution in [2.75, 3.05) is 50.1 Å². The lowest BCUT2D eigenvalue weighted by molar-refractivity contribution is -0.116. The second-order valence-corrected chi connectivity index (χ2v) is 9.25. The van der Waals surface area contributed by atoms with Crippen LogP contribution in [0.5, 0.6) is 0 Å². The zero-order chi connectivity index (χ0) is 22.6. The first-order valence-electron chi connectivity index (χ1n) is 9.96. The number of sulfonamides is 1. The average molecular weight is 458 g/mol. The maximum absolute atomic E-state index is 12.9. The fourth-order valence-electron chi connectivity index (χ4n) is 3.31. The first-order valence-corrected chi connectivity index (χ1v) is 11.4. The van der Waals surface area contributed by atoms with Crippen LogP contribution in [-0.4, -0.2) is 78.7 Å². The van der Waals surface area contributed by atoms with Crippen LogP contribution in [0.15, 0.2) is 59.8 Å². The average Bonchev–Trinajstić information content (AvgIpc) is 3.35. The summed E-state index contributed by atoms with van der Waals surface area (Å²) in [5, 5.41) is 13.6. The van der Waals surface area contributed by atoms with Crippen LogP contribution < -0.4 is 10.2 Å². The molecule has 1 aliphatic heterocycles. The van der Waals surface area contributed by atoms with Crippen LogP contribution in [0.3, 0.4) is 0 Å². The number of ether oxygens (including phenoxy) is 1. The molecule has 1 saturated heterocycles. The zero-order valence-electron chi connectivity index (χ0n) is 17.5. The summed E-state index contributed by atoms with van der Waals surface area (Å²) in [6.07, 6.45) is 1.37. The second kappa shape index (κ2) is 9.42. The van der Waals surface area contributed by atoms with Gasteiger partial charge in [0.15, 0.2) is 0 Å². The summed E-state index contributed by atoms with van der Waals surface area (Å²) in [5.74, 6) is -0.438. The topological polar surface area (TPSA) is 123 Å². The van der Waals surface area contributed by atoms with Gasteiger partial charge in [0.25, 0.3) is 0 Å². The Bertz CT molecular complexity index is 1160. The molecule has 11 nitrogen and oxygen atoms in total. The van der Waals surface area contributed by atoms with Crippen molar-refractivity contribution in [1.29, 1.82) is 0 Å². The normalized spacial score (nSPS) is 14.5. The fraction of sp³-hybridized carbons (Fsp3) is 0.300. The number of benzene rings is 2. The molecule has 0 saturated carbocycles. The monoisotopic (exact) mass is 457 g/mol. The SMILES string of the molecule is CN(CC(=O)Nc1ccc(N2CCOCC2)cc1)S(=O)(=O)c1cccc(-n2cnnn2)c1. The number of nitrogens with one attached hydrogen (secondary N) is 1. The number of hydrogen-bond donors (Lipinski definition) is 1. The Balaban J connectivity index is 1.39. The predicted molar refractivity (Wildman–Crippen MR) is 117 cm³/mol. The Hall–Kier alpha value is -3.35. The third kappa shape index (κ3) is 4.93. The highest BCUT2D eigenvalue weighted by Gasteiger charge is 2.23. The maximum atomic E-state index is 12.9. The fourth-order valence-corrected chi connectivity index (χ4v) is 4.48. The first kappa shape index (κ1) is 21.9. The molecule has 1 aliphatic rings. The molecule has 0 atom stereocenters. The largest absolute Gasteiger partial charge is 0.378 e. The van der Waals surface area contributed by atoms with Gasteiger partial charge < -0.3 is 15.0 Å². The number of anilines is 2. The van der Waals surface area contributed by atoms with Crippen molar-refractivity contribution in [2.45, 2.75) is 4.90 Å². The molecule has 1 fully saturated rings. The molecule has 0 spiro atoms. The molecule has 0 aliphatic carbocycles. The van der Waals surface area contributed by atoms with Gasteiger partial charge in [-0.25, -0.2) is 13.1 Å². The molecule has 1 N–H and O–H groups in total. The quantitative estimate of drug-likeness (QED) is 0.552. The number of carbonyl (C=O) groups is 1. The summed E-state index contributed by atoms with van der Waals surface area (Å²) < 4.78 is 33.6. The van der Waals surface area contributed by atoms with E-state index in [1.54, 1.807) is 24.3 Å². The Morgan fingerprint density at radius 1 is 1.12 bits per heavy atom. The summed E-state index contributed by atoms with van der Waals surface area (Å²) >= 11 is 0. The van der Waals surface area contributed by atoms with Crippen LogP contribution in [0.1, 0.15) is 0 Å². The highest BCUT2D eigenvalue weighted by Crippen LogP contribution is 2.20. The minimum Gasteiger partial charge on any atom is -0.378 e. The number of amides is 1. The second-order valence-electron chi connectivity index (χ2n) is 7.21. The summed E-state index contributed by atoms with van der Waals surface area (Å²) in [4.78, 5) is 14.7. The molecule has 1 aromatic heterocycles. The minimum atomic E-state index is -3.89. The van der Waals surface area contributed by atoms with Crippen LogP contribution in [-0.2, 0) is 19.6 Å². The van der Waals surface area contributed by atoms with Gasteiger partial charge in [0.2, 0.25) is 15.9 Å². The molecule has 3 aromatic rings. The van der Waals surface area contributed by atoms with Gasteiger partial charge in [-0.3, -0.25) is 4.79 Å². The van der Waals surface area contributed by atoms with Gasteiger partial charge in [-0.05, 0) is 52.9 Å². The van der Waals surface area contributed by atoms with Crippen molar-refractivity contribution in [3.8, 4) is 5.69 Å². The van der Waals surface area contributed by atoms with E-state index in [1.807, 2.05) is 12.1 Å². The van der Waals surface area contributed by atoms with Crippen molar-refractivity contribution < 1.29 is 17.9 Å². The van der Waals surface area contributed by atoms with Crippen molar-refractivity contribution in [3.63, 3.8) is 0 Å². The van der Waals surface area contributed by atoms with Gasteiger partial charge in [0, 0.05) is 31.5 Å². The zero-order valence-corrected chi connectivity index (χ0v) is 18.3. The maximum Gasteiger partial charge on any atom is 0.243 e. The molecule has 0 unspecified atom stereocenters. The van der Waals surface area contributed by atoms with Gasteiger partial charge >= 0.3 is 0 Å². The molecule has 0 bridgehead atoms. The van der Waals surface area contributed by atoms with E-state index in [0.717, 1.165) is 23.1 Å². The number of carbonyl (C=O) groups excluding carboxylic acids is 1. The van der Waals surface area contributed by atoms with Crippen LogP contribution in [0.2, 0.25) is 0 Å². The molecule has 4 rings (SSSR count). The number of tetrazole rings is 1. The van der Waals surface area contributed by atoms with Gasteiger partial charge in [-0.2, -0.15) is 4.31 Å². The van der Waals surface area contributed by atoms with Crippen LogP contribution in [0, 0.1) is 0 Å². The highest BCUT2D eigenvalue weighted by molar-refractivity contribution is 7.89. The summed E-state index contributed by atoms with van der Waals surface area (Å²) in [5.41, 5.74) is 2.14. The molecular formula is C20H23N7O4S. The summed E-state index contributed by atoms with van der Waals surface area (Å²) in [6.45, 7) is 2.70. The minimum absolute atomic E-state index is 0.0377. The van der Waals surface area contributed by atoms with Crippen molar-refractivity contribution in [1.82, 2.24) is 24.5 Å². The number of aromatic nitrogens is 4. The number of likely N-dealkylation sites (N-methyl/N-ethyl adjacent to an activating group) is 1. The molecule has 12 heteroatoms. The van der Waals surface area contributed by atoms with Gasteiger partial charge in [0.05, 0.1) is 30.3 Å². The number of nitrogens with zero attached hydrogens (tertiary/aromatic N) is 6. The number of hydrogen-bond acceptors (Lipinski definition) is 8. The molecule has 0 radical (unpaired) electrons. The Morgan fingerprint density at radius 2 is 1.88 bits per heavy atom.